The van der Waals surface area contributed by atoms with Crippen molar-refractivity contribution in [2.45, 2.75) is 39.5 Å². The monoisotopic (exact) mass is 152 g/mol. The number of rotatable bonds is 3. The van der Waals surface area contributed by atoms with Crippen molar-refractivity contribution in [3.63, 3.8) is 0 Å². The zero-order valence-corrected chi connectivity index (χ0v) is 7.39. The van der Waals surface area contributed by atoms with Gasteiger partial charge in [-0.15, -0.1) is 0 Å². The molecule has 11 heavy (non-hydrogen) atoms. The quantitative estimate of drug-likeness (QED) is 0.607. The topological polar surface area (TPSA) is 17.1 Å². The first kappa shape index (κ1) is 8.51. The van der Waals surface area contributed by atoms with Gasteiger partial charge < -0.3 is 0 Å². The third-order valence-corrected chi connectivity index (χ3v) is 2.35. The van der Waals surface area contributed by atoms with E-state index < -0.39 is 0 Å². The van der Waals surface area contributed by atoms with Crippen LogP contribution in [0.4, 0.5) is 0 Å². The van der Waals surface area contributed by atoms with E-state index in [9.17, 15) is 4.79 Å². The highest BCUT2D eigenvalue weighted by Gasteiger charge is 2.27. The molecule has 0 aromatic carbocycles. The second-order valence-electron chi connectivity index (χ2n) is 3.73. The zero-order valence-electron chi connectivity index (χ0n) is 7.39. The number of hydrogen-bond donors (Lipinski definition) is 0. The van der Waals surface area contributed by atoms with Gasteiger partial charge in [0.2, 0.25) is 0 Å². The van der Waals surface area contributed by atoms with E-state index in [4.69, 9.17) is 0 Å². The van der Waals surface area contributed by atoms with E-state index in [2.05, 4.69) is 19.9 Å². The minimum Gasteiger partial charge on any atom is -0.295 e. The first-order chi connectivity index (χ1) is 5.16. The molecule has 1 heteroatoms. The Kier molecular flexibility index (Phi) is 2.48. The van der Waals surface area contributed by atoms with Gasteiger partial charge in [-0.3, -0.25) is 4.79 Å². The highest BCUT2D eigenvalue weighted by Crippen LogP contribution is 2.34. The van der Waals surface area contributed by atoms with Gasteiger partial charge in [0.15, 0.2) is 5.78 Å². The molecular formula is C10H16O. The number of hydrogen-bond acceptors (Lipinski definition) is 1. The molecule has 0 aliphatic heterocycles. The van der Waals surface area contributed by atoms with Crippen LogP contribution in [0.3, 0.4) is 0 Å². The maximum absolute atomic E-state index is 10.9. The molecule has 1 aliphatic carbocycles. The lowest BCUT2D eigenvalue weighted by molar-refractivity contribution is -0.115. The van der Waals surface area contributed by atoms with E-state index >= 15 is 0 Å². The highest BCUT2D eigenvalue weighted by atomic mass is 16.1. The minimum absolute atomic E-state index is 0.188. The summed E-state index contributed by atoms with van der Waals surface area (Å²) in [6, 6.07) is 0. The maximum atomic E-state index is 10.9. The highest BCUT2D eigenvalue weighted by molar-refractivity contribution is 5.92. The molecule has 0 heterocycles. The summed E-state index contributed by atoms with van der Waals surface area (Å²) in [5.41, 5.74) is 0.188. The Labute approximate surface area is 68.5 Å². The van der Waals surface area contributed by atoms with E-state index in [0.717, 1.165) is 12.8 Å². The van der Waals surface area contributed by atoms with Crippen LogP contribution in [-0.4, -0.2) is 5.78 Å². The average molecular weight is 152 g/mol. The molecule has 0 saturated carbocycles. The first-order valence-corrected chi connectivity index (χ1v) is 4.38. The smallest absolute Gasteiger partial charge is 0.156 e. The molecule has 1 nitrogen and oxygen atoms in total. The fraction of sp³-hybridized carbons (Fsp3) is 0.700. The second kappa shape index (κ2) is 3.21. The van der Waals surface area contributed by atoms with E-state index in [1.807, 2.05) is 0 Å². The number of ketones is 1. The van der Waals surface area contributed by atoms with Crippen molar-refractivity contribution in [1.82, 2.24) is 0 Å². The first-order valence-electron chi connectivity index (χ1n) is 4.38. The molecule has 0 aromatic heterocycles. The Morgan fingerprint density at radius 1 is 1.64 bits per heavy atom. The van der Waals surface area contributed by atoms with Gasteiger partial charge in [-0.1, -0.05) is 32.8 Å². The van der Waals surface area contributed by atoms with Crippen LogP contribution in [-0.2, 0) is 4.79 Å². The van der Waals surface area contributed by atoms with Crippen LogP contribution in [0.2, 0.25) is 0 Å². The van der Waals surface area contributed by atoms with Gasteiger partial charge >= 0.3 is 0 Å². The summed E-state index contributed by atoms with van der Waals surface area (Å²) in [7, 11) is 0. The Bertz CT molecular complexity index is 181. The normalized spacial score (nSPS) is 29.8. The number of carbonyl (C=O) groups is 1. The third kappa shape index (κ3) is 2.18. The van der Waals surface area contributed by atoms with Crippen molar-refractivity contribution >= 4 is 5.78 Å². The molecule has 0 aromatic rings. The average Bonchev–Trinajstić information content (AvgIpc) is 2.28. The Morgan fingerprint density at radius 3 is 2.82 bits per heavy atom. The molecule has 0 bridgehead atoms. The molecule has 1 unspecified atom stereocenters. The van der Waals surface area contributed by atoms with Gasteiger partial charge in [-0.25, -0.2) is 0 Å². The van der Waals surface area contributed by atoms with E-state index in [1.54, 1.807) is 6.08 Å². The van der Waals surface area contributed by atoms with E-state index in [1.165, 1.54) is 12.8 Å². The van der Waals surface area contributed by atoms with Crippen LogP contribution >= 0.6 is 0 Å². The van der Waals surface area contributed by atoms with Gasteiger partial charge in [0, 0.05) is 6.42 Å². The summed E-state index contributed by atoms with van der Waals surface area (Å²) >= 11 is 0. The lowest BCUT2D eigenvalue weighted by Crippen LogP contribution is -2.11. The predicted octanol–water partition coefficient (Wildman–Crippen LogP) is 2.71. The van der Waals surface area contributed by atoms with Crippen molar-refractivity contribution in [2.24, 2.45) is 5.41 Å². The zero-order chi connectivity index (χ0) is 8.32. The molecule has 0 amide bonds. The summed E-state index contributed by atoms with van der Waals surface area (Å²) in [5.74, 6) is 0.295. The molecule has 1 rings (SSSR count). The van der Waals surface area contributed by atoms with Gasteiger partial charge in [0.05, 0.1) is 0 Å². The summed E-state index contributed by atoms with van der Waals surface area (Å²) in [4.78, 5) is 10.9. The van der Waals surface area contributed by atoms with Gasteiger partial charge in [0.1, 0.15) is 0 Å². The lowest BCUT2D eigenvalue weighted by Gasteiger charge is -2.19. The molecule has 1 atom stereocenters. The summed E-state index contributed by atoms with van der Waals surface area (Å²) < 4.78 is 0. The van der Waals surface area contributed by atoms with E-state index in [0.29, 0.717) is 5.78 Å². The van der Waals surface area contributed by atoms with Crippen LogP contribution in [0.15, 0.2) is 12.2 Å². The SMILES string of the molecule is CCCCC1(C)C=CC(=O)C1. The fourth-order valence-electron chi connectivity index (χ4n) is 1.56. The van der Waals surface area contributed by atoms with Crippen molar-refractivity contribution < 1.29 is 4.79 Å². The summed E-state index contributed by atoms with van der Waals surface area (Å²) in [5, 5.41) is 0. The number of unbranched alkanes of at least 4 members (excludes halogenated alkanes) is 1. The van der Waals surface area contributed by atoms with Crippen LogP contribution in [0, 0.1) is 5.41 Å². The largest absolute Gasteiger partial charge is 0.295 e. The minimum atomic E-state index is 0.188. The van der Waals surface area contributed by atoms with Gasteiger partial charge in [0.25, 0.3) is 0 Å². The van der Waals surface area contributed by atoms with Crippen LogP contribution in [0.1, 0.15) is 39.5 Å². The molecule has 0 N–H and O–H groups in total. The van der Waals surface area contributed by atoms with Crippen LogP contribution in [0.5, 0.6) is 0 Å². The Hall–Kier alpha value is -0.590. The molecule has 62 valence electrons. The van der Waals surface area contributed by atoms with Crippen molar-refractivity contribution in [1.29, 1.82) is 0 Å². The lowest BCUT2D eigenvalue weighted by atomic mass is 9.84. The Balaban J connectivity index is 2.43. The molecule has 0 radical (unpaired) electrons. The number of allylic oxidation sites excluding steroid dienone is 2. The fourth-order valence-corrected chi connectivity index (χ4v) is 1.56. The van der Waals surface area contributed by atoms with Crippen LogP contribution in [0.25, 0.3) is 0 Å². The van der Waals surface area contributed by atoms with Crippen LogP contribution < -0.4 is 0 Å². The maximum Gasteiger partial charge on any atom is 0.156 e. The predicted molar refractivity (Wildman–Crippen MR) is 46.4 cm³/mol. The summed E-state index contributed by atoms with van der Waals surface area (Å²) in [6.07, 6.45) is 8.14. The molecule has 0 saturated heterocycles. The molecule has 1 aliphatic rings. The second-order valence-corrected chi connectivity index (χ2v) is 3.73. The third-order valence-electron chi connectivity index (χ3n) is 2.35. The standard InChI is InChI=1S/C10H16O/c1-3-4-6-10(2)7-5-9(11)8-10/h5,7H,3-4,6,8H2,1-2H3. The number of carbonyl (C=O) groups excluding carboxylic acids is 1. The molecule has 0 spiro atoms. The molecule has 0 fully saturated rings. The van der Waals surface area contributed by atoms with Crippen molar-refractivity contribution in [2.75, 3.05) is 0 Å². The van der Waals surface area contributed by atoms with Gasteiger partial charge in [-0.05, 0) is 17.9 Å². The van der Waals surface area contributed by atoms with E-state index in [-0.39, 0.29) is 5.41 Å². The van der Waals surface area contributed by atoms with Crippen molar-refractivity contribution in [3.8, 4) is 0 Å². The Morgan fingerprint density at radius 2 is 2.36 bits per heavy atom. The van der Waals surface area contributed by atoms with Gasteiger partial charge in [-0.2, -0.15) is 0 Å². The summed E-state index contributed by atoms with van der Waals surface area (Å²) in [6.45, 7) is 4.36. The van der Waals surface area contributed by atoms with Crippen molar-refractivity contribution in [3.05, 3.63) is 12.2 Å². The molecular weight excluding hydrogens is 136 g/mol.